The van der Waals surface area contributed by atoms with Gasteiger partial charge < -0.3 is 5.11 Å². The quantitative estimate of drug-likeness (QED) is 0.174. The number of para-hydroxylation sites is 1. The number of fused-ring (bicyclic) bond motifs is 1. The molecule has 0 spiro atoms. The minimum Gasteiger partial charge on any atom is -0.507 e. The van der Waals surface area contributed by atoms with Crippen LogP contribution in [0.4, 0.5) is 0 Å². The summed E-state index contributed by atoms with van der Waals surface area (Å²) in [6.07, 6.45) is 1.82. The predicted molar refractivity (Wildman–Crippen MR) is 274 cm³/mol. The third-order valence-corrected chi connectivity index (χ3v) is 12.5. The summed E-state index contributed by atoms with van der Waals surface area (Å²) in [5, 5.41) is 12.6. The second-order valence-corrected chi connectivity index (χ2v) is 20.4. The highest BCUT2D eigenvalue weighted by Crippen LogP contribution is 2.46. The fourth-order valence-electron chi connectivity index (χ4n) is 8.75. The fourth-order valence-corrected chi connectivity index (χ4v) is 8.75. The topological polar surface area (TPSA) is 50.9 Å². The highest BCUT2D eigenvalue weighted by Gasteiger charge is 2.30. The van der Waals surface area contributed by atoms with E-state index in [1.165, 1.54) is 0 Å². The average Bonchev–Trinajstić information content (AvgIpc) is 3.70. The number of hydrogen-bond donors (Lipinski definition) is 1. The molecule has 0 saturated heterocycles. The Morgan fingerprint density at radius 3 is 1.75 bits per heavy atom. The Morgan fingerprint density at radius 2 is 1.09 bits per heavy atom. The normalized spacial score (nSPS) is 13.1. The molecular formula is C61H59N3O. The molecule has 0 saturated carbocycles. The van der Waals surface area contributed by atoms with Gasteiger partial charge in [0, 0.05) is 32.6 Å². The Hall–Kier alpha value is -7.04. The molecule has 4 nitrogen and oxygen atoms in total. The zero-order valence-corrected chi connectivity index (χ0v) is 39.0. The lowest BCUT2D eigenvalue weighted by atomic mass is 9.79. The summed E-state index contributed by atoms with van der Waals surface area (Å²) >= 11 is 0. The highest BCUT2D eigenvalue weighted by molar-refractivity contribution is 5.98. The molecule has 9 rings (SSSR count). The van der Waals surface area contributed by atoms with Gasteiger partial charge in [-0.2, -0.15) is 0 Å². The second kappa shape index (κ2) is 16.5. The zero-order chi connectivity index (χ0) is 48.3. The Morgan fingerprint density at radius 1 is 0.477 bits per heavy atom. The number of benzene rings is 7. The van der Waals surface area contributed by atoms with Crippen LogP contribution in [0.5, 0.6) is 5.75 Å². The number of aromatic hydroxyl groups is 1. The van der Waals surface area contributed by atoms with Gasteiger partial charge in [-0.25, -0.2) is 4.98 Å². The summed E-state index contributed by atoms with van der Waals surface area (Å²) in [4.78, 5) is 10.6. The molecule has 0 radical (unpaired) electrons. The first-order chi connectivity index (χ1) is 32.1. The van der Waals surface area contributed by atoms with Crippen molar-refractivity contribution in [2.45, 2.75) is 85.4 Å². The molecule has 9 aromatic rings. The molecule has 0 atom stereocenters. The van der Waals surface area contributed by atoms with E-state index in [9.17, 15) is 5.11 Å². The minimum atomic E-state index is -2.17. The van der Waals surface area contributed by atoms with Gasteiger partial charge in [0.25, 0.3) is 0 Å². The van der Waals surface area contributed by atoms with Crippen molar-refractivity contribution >= 4 is 11.0 Å². The van der Waals surface area contributed by atoms with Crippen LogP contribution >= 0.6 is 0 Å². The number of pyridine rings is 1. The lowest BCUT2D eigenvalue weighted by Gasteiger charge is -2.27. The van der Waals surface area contributed by atoms with E-state index in [1.807, 2.05) is 36.5 Å². The van der Waals surface area contributed by atoms with Crippen molar-refractivity contribution in [1.82, 2.24) is 14.5 Å². The molecule has 2 heterocycles. The molecule has 2 aromatic heterocycles. The second-order valence-electron chi connectivity index (χ2n) is 20.4. The number of nitrogens with zero attached hydrogens (tertiary/aromatic N) is 3. The summed E-state index contributed by atoms with van der Waals surface area (Å²) in [6, 6.07) is 56.1. The fraction of sp³-hybridized carbons (Fsp3) is 0.213. The molecule has 7 aromatic carbocycles. The predicted octanol–water partition coefficient (Wildman–Crippen LogP) is 16.3. The van der Waals surface area contributed by atoms with Crippen molar-refractivity contribution in [3.05, 3.63) is 192 Å². The van der Waals surface area contributed by atoms with Crippen LogP contribution in [0.1, 0.15) is 88.7 Å². The van der Waals surface area contributed by atoms with Crippen molar-refractivity contribution < 1.29 is 9.22 Å². The maximum atomic E-state index is 12.6. The van der Waals surface area contributed by atoms with Crippen molar-refractivity contribution in [3.63, 3.8) is 0 Å². The smallest absolute Gasteiger partial charge is 0.149 e. The van der Waals surface area contributed by atoms with Gasteiger partial charge >= 0.3 is 0 Å². The minimum absolute atomic E-state index is 0.209. The van der Waals surface area contributed by atoms with Gasteiger partial charge in [0.15, 0.2) is 0 Å². The number of phenols is 1. The van der Waals surface area contributed by atoms with Gasteiger partial charge in [-0.3, -0.25) is 9.55 Å². The Balaban J connectivity index is 1.32. The SMILES string of the molecule is [2H]C([2H])([2H])c1ccc(-c2ccnc(-c3cc(-c4cccc5c4nc(-c4cc(C(C)(C)C)cc(C(C)(C)C)c4O)n5-c4ccc(-c5ccccc5)cc4-c4ccccc4)cc(C(C)(C)C)c3)c2)cc1. The third-order valence-electron chi connectivity index (χ3n) is 12.5. The van der Waals surface area contributed by atoms with Gasteiger partial charge in [-0.1, -0.05) is 183 Å². The van der Waals surface area contributed by atoms with Crippen molar-refractivity contribution in [1.29, 1.82) is 0 Å². The standard InChI is InChI=1S/C61H59N3O/c1-39-24-26-41(27-25-39)44-30-31-62-53(36-44)46-32-45(33-47(34-46)59(2,3)4)49-22-17-23-55-56(49)63-58(51-37-48(60(5,6)7)38-52(57(51)65)61(8,9)10)64(55)54-29-28-43(40-18-13-11-14-19-40)35-50(54)42-20-15-12-16-21-42/h11-38,65H,1-10H3/i1D3. The van der Waals surface area contributed by atoms with E-state index in [0.717, 1.165) is 89.2 Å². The molecule has 65 heavy (non-hydrogen) atoms. The van der Waals surface area contributed by atoms with Crippen LogP contribution in [0.2, 0.25) is 0 Å². The number of phenolic OH excluding ortho intramolecular Hbond substituents is 1. The number of imidazole rings is 1. The maximum Gasteiger partial charge on any atom is 0.149 e. The lowest BCUT2D eigenvalue weighted by molar-refractivity contribution is 0.446. The molecule has 0 fully saturated rings. The summed E-state index contributed by atoms with van der Waals surface area (Å²) < 4.78 is 25.9. The molecule has 324 valence electrons. The molecule has 1 N–H and O–H groups in total. The van der Waals surface area contributed by atoms with Crippen molar-refractivity contribution in [2.75, 3.05) is 0 Å². The van der Waals surface area contributed by atoms with E-state index in [0.29, 0.717) is 17.0 Å². The van der Waals surface area contributed by atoms with Crippen molar-refractivity contribution in [2.24, 2.45) is 0 Å². The van der Waals surface area contributed by atoms with Crippen LogP contribution in [0.3, 0.4) is 0 Å². The number of aryl methyl sites for hydroxylation is 1. The van der Waals surface area contributed by atoms with E-state index in [-0.39, 0.29) is 22.0 Å². The van der Waals surface area contributed by atoms with Crippen LogP contribution < -0.4 is 0 Å². The Kier molecular flexibility index (Phi) is 10.0. The van der Waals surface area contributed by atoms with Crippen LogP contribution in [-0.2, 0) is 16.2 Å². The highest BCUT2D eigenvalue weighted by atomic mass is 16.3. The van der Waals surface area contributed by atoms with E-state index >= 15 is 0 Å². The van der Waals surface area contributed by atoms with E-state index in [4.69, 9.17) is 14.1 Å². The van der Waals surface area contributed by atoms with Gasteiger partial charge in [0.1, 0.15) is 11.6 Å². The zero-order valence-electron chi connectivity index (χ0n) is 42.0. The first kappa shape index (κ1) is 39.5. The molecule has 0 amide bonds. The van der Waals surface area contributed by atoms with Gasteiger partial charge in [-0.05, 0) is 116 Å². The summed E-state index contributed by atoms with van der Waals surface area (Å²) in [6.45, 7) is 17.6. The van der Waals surface area contributed by atoms with Gasteiger partial charge in [-0.15, -0.1) is 0 Å². The van der Waals surface area contributed by atoms with Crippen LogP contribution in [0.25, 0.3) is 83.9 Å². The lowest BCUT2D eigenvalue weighted by Crippen LogP contribution is -2.17. The molecule has 4 heteroatoms. The molecule has 0 aliphatic heterocycles. The summed E-state index contributed by atoms with van der Waals surface area (Å²) in [5.41, 5.74) is 15.9. The molecule has 0 aliphatic carbocycles. The molecule has 0 aliphatic rings. The number of aromatic nitrogens is 3. The molecule has 0 bridgehead atoms. The average molecular weight is 853 g/mol. The monoisotopic (exact) mass is 852 g/mol. The largest absolute Gasteiger partial charge is 0.507 e. The van der Waals surface area contributed by atoms with Gasteiger partial charge in [0.05, 0.1) is 28.0 Å². The first-order valence-corrected chi connectivity index (χ1v) is 22.5. The summed E-state index contributed by atoms with van der Waals surface area (Å²) in [7, 11) is 0. The number of rotatable bonds is 7. The Labute approximate surface area is 389 Å². The number of hydrogen-bond acceptors (Lipinski definition) is 3. The maximum absolute atomic E-state index is 12.6. The van der Waals surface area contributed by atoms with E-state index in [1.54, 1.807) is 12.1 Å². The van der Waals surface area contributed by atoms with Crippen LogP contribution in [0.15, 0.2) is 170 Å². The van der Waals surface area contributed by atoms with E-state index in [2.05, 4.69) is 188 Å². The summed E-state index contributed by atoms with van der Waals surface area (Å²) in [5.74, 6) is 0.874. The molecule has 0 unspecified atom stereocenters. The molecular weight excluding hydrogens is 791 g/mol. The first-order valence-electron chi connectivity index (χ1n) is 24.0. The Bertz CT molecular complexity index is 3310. The van der Waals surface area contributed by atoms with Crippen molar-refractivity contribution in [3.8, 4) is 78.6 Å². The van der Waals surface area contributed by atoms with E-state index < -0.39 is 6.85 Å². The van der Waals surface area contributed by atoms with Crippen LogP contribution in [-0.4, -0.2) is 19.6 Å². The third kappa shape index (κ3) is 8.54. The van der Waals surface area contributed by atoms with Gasteiger partial charge in [0.2, 0.25) is 0 Å². The van der Waals surface area contributed by atoms with Crippen LogP contribution in [0, 0.1) is 6.85 Å².